The van der Waals surface area contributed by atoms with E-state index in [1.54, 1.807) is 0 Å². The van der Waals surface area contributed by atoms with Crippen molar-refractivity contribution in [3.8, 4) is 12.1 Å². The Morgan fingerprint density at radius 1 is 0.939 bits per heavy atom. The van der Waals surface area contributed by atoms with E-state index < -0.39 is 0 Å². The first-order chi connectivity index (χ1) is 15.9. The highest BCUT2D eigenvalue weighted by Crippen LogP contribution is 2.27. The van der Waals surface area contributed by atoms with Crippen LogP contribution in [0, 0.1) is 29.6 Å². The van der Waals surface area contributed by atoms with Crippen molar-refractivity contribution in [3.05, 3.63) is 100 Å². The minimum Gasteiger partial charge on any atom is -0.366 e. The Kier molecular flexibility index (Phi) is 8.46. The fraction of sp³-hybridized carbons (Fsp3) is 0.259. The van der Waals surface area contributed by atoms with Crippen molar-refractivity contribution < 1.29 is 0 Å². The van der Waals surface area contributed by atoms with Crippen LogP contribution in [0.15, 0.2) is 72.8 Å². The number of hydrogen-bond donors (Lipinski definition) is 1. The molecular formula is C27H28ClN5. The van der Waals surface area contributed by atoms with Crippen molar-refractivity contribution in [2.45, 2.75) is 26.1 Å². The van der Waals surface area contributed by atoms with Crippen molar-refractivity contribution in [2.75, 3.05) is 24.5 Å². The first kappa shape index (κ1) is 24.3. The minimum absolute atomic E-state index is 0.172. The lowest BCUT2D eigenvalue weighted by molar-refractivity contribution is 0.168. The van der Waals surface area contributed by atoms with Crippen LogP contribution in [0.4, 0.5) is 5.69 Å². The number of benzene rings is 3. The third-order valence-corrected chi connectivity index (χ3v) is 6.05. The monoisotopic (exact) mass is 457 g/mol. The summed E-state index contributed by atoms with van der Waals surface area (Å²) in [7, 11) is 0. The quantitative estimate of drug-likeness (QED) is 0.581. The predicted molar refractivity (Wildman–Crippen MR) is 134 cm³/mol. The van der Waals surface area contributed by atoms with Crippen LogP contribution in [0.25, 0.3) is 0 Å². The maximum absolute atomic E-state index is 9.05. The van der Waals surface area contributed by atoms with E-state index in [0.717, 1.165) is 35.8 Å². The fourth-order valence-electron chi connectivity index (χ4n) is 4.02. The third-order valence-electron chi connectivity index (χ3n) is 5.80. The Labute approximate surface area is 201 Å². The summed E-state index contributed by atoms with van der Waals surface area (Å²) in [5.41, 5.74) is 11.1. The molecule has 1 saturated heterocycles. The zero-order valence-electron chi connectivity index (χ0n) is 18.9. The third kappa shape index (κ3) is 6.34. The number of nitrogens with two attached hydrogens (primary N) is 1. The Morgan fingerprint density at radius 3 is 2.09 bits per heavy atom. The van der Waals surface area contributed by atoms with Gasteiger partial charge in [0.1, 0.15) is 0 Å². The molecule has 0 bridgehead atoms. The predicted octanol–water partition coefficient (Wildman–Crippen LogP) is 5.25. The molecular weight excluding hydrogens is 430 g/mol. The van der Waals surface area contributed by atoms with Crippen LogP contribution in [-0.2, 0) is 0 Å². The first-order valence-electron chi connectivity index (χ1n) is 10.9. The van der Waals surface area contributed by atoms with Crippen molar-refractivity contribution >= 4 is 17.3 Å². The molecule has 6 heteroatoms. The Bertz CT molecular complexity index is 1130. The second-order valence-corrected chi connectivity index (χ2v) is 8.56. The number of aryl methyl sites for hydroxylation is 1. The standard InChI is InChI=1S/C21H23N5.C6H5Cl/c1-15-11-18(13-23)5-8-20(15)26-10-9-25(14-16(26)2)21(24)19-6-3-17(12-22)4-7-19;7-6-4-2-1-3-5-6/h3-8,11,16,21H,9-10,14,24H2,1-2H3;1-5H. The van der Waals surface area contributed by atoms with Gasteiger partial charge in [0.15, 0.2) is 0 Å². The molecule has 0 saturated carbocycles. The average Bonchev–Trinajstić information content (AvgIpc) is 2.84. The van der Waals surface area contributed by atoms with Crippen molar-refractivity contribution in [2.24, 2.45) is 5.73 Å². The molecule has 2 N–H and O–H groups in total. The van der Waals surface area contributed by atoms with Crippen molar-refractivity contribution in [1.29, 1.82) is 10.5 Å². The van der Waals surface area contributed by atoms with E-state index >= 15 is 0 Å². The van der Waals surface area contributed by atoms with E-state index in [9.17, 15) is 0 Å². The molecule has 5 nitrogen and oxygen atoms in total. The molecule has 1 aliphatic rings. The van der Waals surface area contributed by atoms with Crippen LogP contribution in [0.3, 0.4) is 0 Å². The highest BCUT2D eigenvalue weighted by molar-refractivity contribution is 6.30. The van der Waals surface area contributed by atoms with E-state index in [4.69, 9.17) is 27.9 Å². The van der Waals surface area contributed by atoms with E-state index in [2.05, 4.69) is 35.8 Å². The summed E-state index contributed by atoms with van der Waals surface area (Å²) in [6.45, 7) is 6.87. The molecule has 2 unspecified atom stereocenters. The molecule has 1 heterocycles. The van der Waals surface area contributed by atoms with E-state index in [1.165, 1.54) is 5.69 Å². The molecule has 3 aromatic rings. The molecule has 2 atom stereocenters. The topological polar surface area (TPSA) is 80.1 Å². The summed E-state index contributed by atoms with van der Waals surface area (Å²) in [4.78, 5) is 4.67. The second kappa shape index (κ2) is 11.5. The highest BCUT2D eigenvalue weighted by atomic mass is 35.5. The number of anilines is 1. The maximum atomic E-state index is 9.05. The molecule has 0 amide bonds. The lowest BCUT2D eigenvalue weighted by Crippen LogP contribution is -2.54. The fourth-order valence-corrected chi connectivity index (χ4v) is 4.17. The van der Waals surface area contributed by atoms with Crippen LogP contribution in [-0.4, -0.2) is 30.6 Å². The van der Waals surface area contributed by atoms with Crippen LogP contribution in [0.2, 0.25) is 5.02 Å². The van der Waals surface area contributed by atoms with Gasteiger partial charge in [-0.3, -0.25) is 4.90 Å². The molecule has 4 rings (SSSR count). The van der Waals surface area contributed by atoms with Gasteiger partial charge in [-0.25, -0.2) is 0 Å². The summed E-state index contributed by atoms with van der Waals surface area (Å²) in [5.74, 6) is 0. The smallest absolute Gasteiger partial charge is 0.0991 e. The Morgan fingerprint density at radius 2 is 1.58 bits per heavy atom. The van der Waals surface area contributed by atoms with Gasteiger partial charge in [0.05, 0.1) is 29.4 Å². The summed E-state index contributed by atoms with van der Waals surface area (Å²) in [6, 6.07) is 27.5. The minimum atomic E-state index is -0.172. The molecule has 0 radical (unpaired) electrons. The van der Waals surface area contributed by atoms with E-state index in [-0.39, 0.29) is 6.17 Å². The average molecular weight is 458 g/mol. The summed E-state index contributed by atoms with van der Waals surface area (Å²) in [6.07, 6.45) is -0.172. The second-order valence-electron chi connectivity index (χ2n) is 8.12. The lowest BCUT2D eigenvalue weighted by Gasteiger charge is -2.44. The van der Waals surface area contributed by atoms with Gasteiger partial charge in [-0.2, -0.15) is 10.5 Å². The number of halogens is 1. The molecule has 1 aliphatic heterocycles. The zero-order chi connectivity index (χ0) is 23.8. The molecule has 168 valence electrons. The number of nitrogens with zero attached hydrogens (tertiary/aromatic N) is 4. The molecule has 33 heavy (non-hydrogen) atoms. The molecule has 1 fully saturated rings. The van der Waals surface area contributed by atoms with Crippen LogP contribution in [0.1, 0.15) is 35.3 Å². The maximum Gasteiger partial charge on any atom is 0.0991 e. The van der Waals surface area contributed by atoms with Gasteiger partial charge in [-0.1, -0.05) is 41.9 Å². The summed E-state index contributed by atoms with van der Waals surface area (Å²) >= 11 is 5.54. The number of piperazine rings is 1. The number of hydrogen-bond acceptors (Lipinski definition) is 5. The molecule has 0 aliphatic carbocycles. The summed E-state index contributed by atoms with van der Waals surface area (Å²) in [5, 5.41) is 18.8. The Balaban J connectivity index is 0.000000374. The SMILES string of the molecule is Cc1cc(C#N)ccc1N1CCN(C(N)c2ccc(C#N)cc2)CC1C.Clc1ccccc1. The largest absolute Gasteiger partial charge is 0.366 e. The van der Waals surface area contributed by atoms with Gasteiger partial charge in [0.25, 0.3) is 0 Å². The van der Waals surface area contributed by atoms with Crippen molar-refractivity contribution in [1.82, 2.24) is 4.90 Å². The Hall–Kier alpha value is -3.35. The van der Waals surface area contributed by atoms with Crippen LogP contribution in [0.5, 0.6) is 0 Å². The molecule has 3 aromatic carbocycles. The lowest BCUT2D eigenvalue weighted by atomic mass is 10.0. The molecule has 0 aromatic heterocycles. The van der Waals surface area contributed by atoms with Gasteiger partial charge in [0.2, 0.25) is 0 Å². The van der Waals surface area contributed by atoms with Gasteiger partial charge in [-0.15, -0.1) is 0 Å². The van der Waals surface area contributed by atoms with Gasteiger partial charge >= 0.3 is 0 Å². The van der Waals surface area contributed by atoms with Crippen molar-refractivity contribution in [3.63, 3.8) is 0 Å². The highest BCUT2D eigenvalue weighted by Gasteiger charge is 2.28. The van der Waals surface area contributed by atoms with Gasteiger partial charge < -0.3 is 10.6 Å². The number of nitriles is 2. The van der Waals surface area contributed by atoms with E-state index in [1.807, 2.05) is 72.8 Å². The first-order valence-corrected chi connectivity index (χ1v) is 11.3. The van der Waals surface area contributed by atoms with Crippen LogP contribution >= 0.6 is 11.6 Å². The van der Waals surface area contributed by atoms with Crippen LogP contribution < -0.4 is 10.6 Å². The van der Waals surface area contributed by atoms with Gasteiger partial charge in [-0.05, 0) is 67.4 Å². The molecule has 0 spiro atoms. The zero-order valence-corrected chi connectivity index (χ0v) is 19.7. The van der Waals surface area contributed by atoms with Gasteiger partial charge in [0, 0.05) is 36.4 Å². The summed E-state index contributed by atoms with van der Waals surface area (Å²) < 4.78 is 0. The normalized spacial score (nSPS) is 16.7. The number of rotatable bonds is 3. The van der Waals surface area contributed by atoms with E-state index in [0.29, 0.717) is 17.2 Å².